The molecule has 1 rings (SSSR count). The van der Waals surface area contributed by atoms with E-state index in [0.717, 1.165) is 6.42 Å². The molecule has 0 saturated carbocycles. The molecule has 0 aliphatic carbocycles. The molecular weight excluding hydrogens is 268 g/mol. The van der Waals surface area contributed by atoms with Crippen LogP contribution in [0.1, 0.15) is 23.7 Å². The molecule has 106 valence electrons. The molecule has 1 aromatic carbocycles. The summed E-state index contributed by atoms with van der Waals surface area (Å²) in [7, 11) is 3.10. The molecule has 1 amide bonds. The molecule has 1 atom stereocenters. The summed E-state index contributed by atoms with van der Waals surface area (Å²) < 4.78 is 10.1. The van der Waals surface area contributed by atoms with Crippen LogP contribution in [0.15, 0.2) is 12.1 Å². The molecule has 0 aliphatic rings. The predicted octanol–water partition coefficient (Wildman–Crippen LogP) is 2.09. The van der Waals surface area contributed by atoms with Crippen molar-refractivity contribution in [3.63, 3.8) is 0 Å². The van der Waals surface area contributed by atoms with Gasteiger partial charge in [-0.1, -0.05) is 11.6 Å². The summed E-state index contributed by atoms with van der Waals surface area (Å²) in [4.78, 5) is 12.1. The largest absolute Gasteiger partial charge is 0.496 e. The summed E-state index contributed by atoms with van der Waals surface area (Å²) in [5.74, 6) is 0.153. The Morgan fingerprint density at radius 2 is 2.16 bits per heavy atom. The van der Waals surface area contributed by atoms with E-state index in [1.807, 2.05) is 6.92 Å². The van der Waals surface area contributed by atoms with Gasteiger partial charge >= 0.3 is 0 Å². The summed E-state index contributed by atoms with van der Waals surface area (Å²) >= 11 is 5.93. The number of anilines is 1. The number of hydrogen-bond acceptors (Lipinski definition) is 4. The highest BCUT2D eigenvalue weighted by molar-refractivity contribution is 6.33. The Morgan fingerprint density at radius 3 is 2.74 bits per heavy atom. The third-order valence-electron chi connectivity index (χ3n) is 2.70. The molecular formula is C13H19ClN2O3. The fourth-order valence-electron chi connectivity index (χ4n) is 1.58. The molecule has 0 bridgehead atoms. The monoisotopic (exact) mass is 286 g/mol. The summed E-state index contributed by atoms with van der Waals surface area (Å²) in [5.41, 5.74) is 6.42. The van der Waals surface area contributed by atoms with E-state index >= 15 is 0 Å². The van der Waals surface area contributed by atoms with Crippen LogP contribution in [-0.4, -0.2) is 32.8 Å². The highest BCUT2D eigenvalue weighted by Gasteiger charge is 2.16. The van der Waals surface area contributed by atoms with E-state index in [9.17, 15) is 4.79 Å². The summed E-state index contributed by atoms with van der Waals surface area (Å²) in [5, 5.41) is 3.18. The second kappa shape index (κ2) is 7.21. The molecule has 0 aliphatic heterocycles. The maximum absolute atomic E-state index is 12.1. The van der Waals surface area contributed by atoms with E-state index in [2.05, 4.69) is 5.32 Å². The van der Waals surface area contributed by atoms with Gasteiger partial charge in [0, 0.05) is 25.8 Å². The molecule has 19 heavy (non-hydrogen) atoms. The number of halogens is 1. The smallest absolute Gasteiger partial charge is 0.255 e. The minimum atomic E-state index is -0.248. The topological polar surface area (TPSA) is 73.6 Å². The lowest BCUT2D eigenvalue weighted by molar-refractivity contribution is 0.0926. The number of methoxy groups -OCH3 is 2. The third-order valence-corrected chi connectivity index (χ3v) is 3.02. The van der Waals surface area contributed by atoms with Crippen molar-refractivity contribution in [2.24, 2.45) is 0 Å². The van der Waals surface area contributed by atoms with Gasteiger partial charge in [-0.25, -0.2) is 0 Å². The number of amides is 1. The number of rotatable bonds is 6. The van der Waals surface area contributed by atoms with Gasteiger partial charge in [-0.2, -0.15) is 0 Å². The summed E-state index contributed by atoms with van der Waals surface area (Å²) in [6.45, 7) is 2.49. The van der Waals surface area contributed by atoms with Crippen LogP contribution in [0.4, 0.5) is 5.69 Å². The molecule has 0 aromatic heterocycles. The lowest BCUT2D eigenvalue weighted by atomic mass is 10.1. The van der Waals surface area contributed by atoms with Gasteiger partial charge in [-0.15, -0.1) is 0 Å². The van der Waals surface area contributed by atoms with E-state index in [4.69, 9.17) is 26.8 Å². The maximum atomic E-state index is 12.1. The van der Waals surface area contributed by atoms with E-state index in [1.54, 1.807) is 7.11 Å². The fraction of sp³-hybridized carbons (Fsp3) is 0.462. The zero-order chi connectivity index (χ0) is 14.4. The van der Waals surface area contributed by atoms with Gasteiger partial charge < -0.3 is 20.5 Å². The summed E-state index contributed by atoms with van der Waals surface area (Å²) in [6, 6.07) is 3.04. The number of nitrogen functional groups attached to an aromatic ring is 1. The Balaban J connectivity index is 2.84. The Kier molecular flexibility index (Phi) is 5.92. The Hall–Kier alpha value is -1.46. The number of hydrogen-bond donors (Lipinski definition) is 2. The first-order valence-electron chi connectivity index (χ1n) is 5.92. The highest BCUT2D eigenvalue weighted by atomic mass is 35.5. The number of nitrogens with one attached hydrogen (secondary N) is 1. The molecule has 5 nitrogen and oxygen atoms in total. The van der Waals surface area contributed by atoms with Crippen LogP contribution in [0.3, 0.4) is 0 Å². The summed E-state index contributed by atoms with van der Waals surface area (Å²) in [6.07, 6.45) is 0.729. The first-order valence-corrected chi connectivity index (χ1v) is 6.30. The van der Waals surface area contributed by atoms with Gasteiger partial charge in [-0.3, -0.25) is 4.79 Å². The van der Waals surface area contributed by atoms with E-state index in [-0.39, 0.29) is 11.9 Å². The molecule has 0 fully saturated rings. The predicted molar refractivity (Wildman–Crippen MR) is 75.8 cm³/mol. The Labute approximate surface area is 118 Å². The lowest BCUT2D eigenvalue weighted by Crippen LogP contribution is -2.33. The second-order valence-corrected chi connectivity index (χ2v) is 4.64. The van der Waals surface area contributed by atoms with E-state index < -0.39 is 0 Å². The standard InChI is InChI=1S/C13H19ClN2O3/c1-8(4-5-18-2)16-13(17)9-6-10(14)11(15)7-12(9)19-3/h6-8H,4-5,15H2,1-3H3,(H,16,17). The molecule has 0 spiro atoms. The van der Waals surface area contributed by atoms with Crippen LogP contribution < -0.4 is 15.8 Å². The molecule has 1 unspecified atom stereocenters. The second-order valence-electron chi connectivity index (χ2n) is 4.23. The highest BCUT2D eigenvalue weighted by Crippen LogP contribution is 2.28. The minimum Gasteiger partial charge on any atom is -0.496 e. The van der Waals surface area contributed by atoms with Crippen molar-refractivity contribution in [3.8, 4) is 5.75 Å². The molecule has 0 heterocycles. The molecule has 0 saturated heterocycles. The number of nitrogens with two attached hydrogens (primary N) is 1. The van der Waals surface area contributed by atoms with Crippen LogP contribution in [-0.2, 0) is 4.74 Å². The van der Waals surface area contributed by atoms with E-state index in [1.165, 1.54) is 19.2 Å². The molecule has 0 radical (unpaired) electrons. The first-order chi connectivity index (χ1) is 8.99. The maximum Gasteiger partial charge on any atom is 0.255 e. The number of carbonyl (C=O) groups excluding carboxylic acids is 1. The normalized spacial score (nSPS) is 12.0. The van der Waals surface area contributed by atoms with Crippen molar-refractivity contribution in [3.05, 3.63) is 22.7 Å². The minimum absolute atomic E-state index is 0.00603. The van der Waals surface area contributed by atoms with Crippen LogP contribution >= 0.6 is 11.6 Å². The molecule has 6 heteroatoms. The average molecular weight is 287 g/mol. The van der Waals surface area contributed by atoms with Gasteiger partial charge in [-0.05, 0) is 19.4 Å². The van der Waals surface area contributed by atoms with Crippen LogP contribution in [0.5, 0.6) is 5.75 Å². The van der Waals surface area contributed by atoms with Crippen molar-refractivity contribution < 1.29 is 14.3 Å². The van der Waals surface area contributed by atoms with Gasteiger partial charge in [0.15, 0.2) is 0 Å². The number of benzene rings is 1. The number of ether oxygens (including phenoxy) is 2. The van der Waals surface area contributed by atoms with Crippen molar-refractivity contribution >= 4 is 23.2 Å². The average Bonchev–Trinajstić information content (AvgIpc) is 2.38. The van der Waals surface area contributed by atoms with Crippen LogP contribution in [0, 0.1) is 0 Å². The van der Waals surface area contributed by atoms with Crippen LogP contribution in [0.2, 0.25) is 5.02 Å². The van der Waals surface area contributed by atoms with Gasteiger partial charge in [0.1, 0.15) is 5.75 Å². The zero-order valence-corrected chi connectivity index (χ0v) is 12.1. The first kappa shape index (κ1) is 15.6. The Morgan fingerprint density at radius 1 is 1.47 bits per heavy atom. The Bertz CT molecular complexity index is 452. The lowest BCUT2D eigenvalue weighted by Gasteiger charge is -2.15. The van der Waals surface area contributed by atoms with Gasteiger partial charge in [0.05, 0.1) is 23.4 Å². The zero-order valence-electron chi connectivity index (χ0n) is 11.3. The van der Waals surface area contributed by atoms with Crippen molar-refractivity contribution in [2.45, 2.75) is 19.4 Å². The van der Waals surface area contributed by atoms with Crippen molar-refractivity contribution in [2.75, 3.05) is 26.6 Å². The van der Waals surface area contributed by atoms with Crippen LogP contribution in [0.25, 0.3) is 0 Å². The van der Waals surface area contributed by atoms with Gasteiger partial charge in [0.2, 0.25) is 0 Å². The molecule has 1 aromatic rings. The van der Waals surface area contributed by atoms with Crippen molar-refractivity contribution in [1.29, 1.82) is 0 Å². The SMILES string of the molecule is COCCC(C)NC(=O)c1cc(Cl)c(N)cc1OC. The fourth-order valence-corrected chi connectivity index (χ4v) is 1.75. The van der Waals surface area contributed by atoms with Crippen molar-refractivity contribution in [1.82, 2.24) is 5.32 Å². The quantitative estimate of drug-likeness (QED) is 0.785. The molecule has 3 N–H and O–H groups in total. The van der Waals surface area contributed by atoms with E-state index in [0.29, 0.717) is 28.6 Å². The van der Waals surface area contributed by atoms with Gasteiger partial charge in [0.25, 0.3) is 5.91 Å². The number of carbonyl (C=O) groups is 1. The third kappa shape index (κ3) is 4.29.